The predicted octanol–water partition coefficient (Wildman–Crippen LogP) is 4.30. The van der Waals surface area contributed by atoms with E-state index in [0.29, 0.717) is 25.6 Å². The summed E-state index contributed by atoms with van der Waals surface area (Å²) < 4.78 is 13.4. The molecule has 0 aliphatic carbocycles. The molecule has 0 radical (unpaired) electrons. The Bertz CT molecular complexity index is 1070. The first-order chi connectivity index (χ1) is 16.6. The molecule has 1 saturated heterocycles. The molecule has 2 aromatic rings. The molecule has 3 heterocycles. The van der Waals surface area contributed by atoms with Gasteiger partial charge in [-0.1, -0.05) is 19.6 Å². The van der Waals surface area contributed by atoms with Gasteiger partial charge in [0.15, 0.2) is 0 Å². The minimum absolute atomic E-state index is 0.0220. The highest BCUT2D eigenvalue weighted by atomic mass is 28.3. The molecule has 1 aliphatic rings. The van der Waals surface area contributed by atoms with E-state index in [-0.39, 0.29) is 18.1 Å². The van der Waals surface area contributed by atoms with Crippen molar-refractivity contribution in [1.82, 2.24) is 24.6 Å². The molecule has 1 fully saturated rings. The van der Waals surface area contributed by atoms with Gasteiger partial charge in [-0.2, -0.15) is 10.1 Å². The van der Waals surface area contributed by atoms with Crippen molar-refractivity contribution >= 4 is 25.9 Å². The van der Waals surface area contributed by atoms with Gasteiger partial charge in [0.1, 0.15) is 18.1 Å². The summed E-state index contributed by atoms with van der Waals surface area (Å²) in [6, 6.07) is 3.07. The van der Waals surface area contributed by atoms with Crippen molar-refractivity contribution < 1.29 is 14.3 Å². The number of hydrogen-bond acceptors (Lipinski definition) is 8. The SMILES string of the molecule is Cc1nn(COCC[Si](C)(C)C)c(-c2cc(N3CC[C@@H](N(C)C(=O)OC(C)(C)C)C3)nc(N)n2)c1C. The van der Waals surface area contributed by atoms with E-state index in [1.165, 1.54) is 0 Å². The third-order valence-electron chi connectivity index (χ3n) is 6.33. The van der Waals surface area contributed by atoms with E-state index in [1.54, 1.807) is 11.9 Å². The van der Waals surface area contributed by atoms with Crippen LogP contribution < -0.4 is 10.6 Å². The molecule has 11 heteroatoms. The van der Waals surface area contributed by atoms with Crippen LogP contribution in [0.2, 0.25) is 25.7 Å². The monoisotopic (exact) mass is 517 g/mol. The van der Waals surface area contributed by atoms with E-state index in [2.05, 4.69) is 34.5 Å². The van der Waals surface area contributed by atoms with Crippen molar-refractivity contribution in [2.24, 2.45) is 0 Å². The fourth-order valence-electron chi connectivity index (χ4n) is 4.10. The molecule has 1 atom stereocenters. The number of aromatic nitrogens is 4. The largest absolute Gasteiger partial charge is 0.444 e. The number of nitrogen functional groups attached to an aromatic ring is 1. The van der Waals surface area contributed by atoms with Gasteiger partial charge in [-0.05, 0) is 52.6 Å². The van der Waals surface area contributed by atoms with Crippen LogP contribution in [0, 0.1) is 13.8 Å². The Kier molecular flexibility index (Phi) is 8.34. The molecule has 0 saturated carbocycles. The summed E-state index contributed by atoms with van der Waals surface area (Å²) in [5.41, 5.74) is 9.20. The number of anilines is 2. The zero-order chi connectivity index (χ0) is 26.8. The predicted molar refractivity (Wildman–Crippen MR) is 146 cm³/mol. The van der Waals surface area contributed by atoms with Crippen LogP contribution in [0.25, 0.3) is 11.4 Å². The molecule has 36 heavy (non-hydrogen) atoms. The molecule has 10 nitrogen and oxygen atoms in total. The van der Waals surface area contributed by atoms with Crippen LogP contribution in [-0.2, 0) is 16.2 Å². The van der Waals surface area contributed by atoms with Crippen molar-refractivity contribution in [3.8, 4) is 11.4 Å². The van der Waals surface area contributed by atoms with Crippen molar-refractivity contribution in [2.45, 2.75) is 85.1 Å². The van der Waals surface area contributed by atoms with Crippen LogP contribution >= 0.6 is 0 Å². The lowest BCUT2D eigenvalue weighted by atomic mass is 10.1. The minimum atomic E-state index is -1.17. The van der Waals surface area contributed by atoms with Crippen molar-refractivity contribution in [3.63, 3.8) is 0 Å². The Hall–Kier alpha value is -2.66. The number of nitrogens with two attached hydrogens (primary N) is 1. The molecule has 2 aromatic heterocycles. The number of rotatable bonds is 8. The summed E-state index contributed by atoms with van der Waals surface area (Å²) in [4.78, 5) is 25.4. The van der Waals surface area contributed by atoms with E-state index in [4.69, 9.17) is 20.3 Å². The van der Waals surface area contributed by atoms with Crippen LogP contribution in [0.5, 0.6) is 0 Å². The summed E-state index contributed by atoms with van der Waals surface area (Å²) in [6.07, 6.45) is 0.497. The number of ether oxygens (including phenoxy) is 2. The second-order valence-corrected chi connectivity index (χ2v) is 17.5. The fraction of sp³-hybridized carbons (Fsp3) is 0.680. The Balaban J connectivity index is 1.78. The third-order valence-corrected chi connectivity index (χ3v) is 8.03. The van der Waals surface area contributed by atoms with Crippen LogP contribution in [-0.4, -0.2) is 77.2 Å². The maximum Gasteiger partial charge on any atom is 0.410 e. The summed E-state index contributed by atoms with van der Waals surface area (Å²) in [5, 5.41) is 4.69. The maximum absolute atomic E-state index is 12.5. The van der Waals surface area contributed by atoms with E-state index in [9.17, 15) is 4.79 Å². The molecule has 2 N–H and O–H groups in total. The van der Waals surface area contributed by atoms with Gasteiger partial charge >= 0.3 is 6.09 Å². The molecule has 1 aliphatic heterocycles. The summed E-state index contributed by atoms with van der Waals surface area (Å²) in [5.74, 6) is 0.943. The molecular weight excluding hydrogens is 474 g/mol. The van der Waals surface area contributed by atoms with E-state index < -0.39 is 13.7 Å². The van der Waals surface area contributed by atoms with Gasteiger partial charge in [0.05, 0.1) is 23.1 Å². The first kappa shape index (κ1) is 27.9. The zero-order valence-corrected chi connectivity index (χ0v) is 24.4. The maximum atomic E-state index is 12.5. The van der Waals surface area contributed by atoms with E-state index in [1.807, 2.05) is 45.4 Å². The number of amides is 1. The number of hydrogen-bond donors (Lipinski definition) is 1. The van der Waals surface area contributed by atoms with Crippen LogP contribution in [0.3, 0.4) is 0 Å². The number of likely N-dealkylation sites (N-methyl/N-ethyl adjacent to an activating group) is 1. The molecule has 0 unspecified atom stereocenters. The van der Waals surface area contributed by atoms with Crippen LogP contribution in [0.1, 0.15) is 38.4 Å². The zero-order valence-electron chi connectivity index (χ0n) is 23.4. The first-order valence-electron chi connectivity index (χ1n) is 12.6. The van der Waals surface area contributed by atoms with E-state index >= 15 is 0 Å². The minimum Gasteiger partial charge on any atom is -0.444 e. The standard InChI is InChI=1S/C25H43N7O3Si/c1-17-18(2)29-32(16-34-12-13-36(7,8)9)22(17)20-14-21(28-23(26)27-20)31-11-10-19(15-31)30(6)24(33)35-25(3,4)5/h14,19H,10-13,15-16H2,1-9H3,(H2,26,27,28)/t19-/m1/s1. The number of aryl methyl sites for hydroxylation is 1. The Labute approximate surface area is 216 Å². The summed E-state index contributed by atoms with van der Waals surface area (Å²) in [6.45, 7) is 19.1. The molecule has 0 bridgehead atoms. The summed E-state index contributed by atoms with van der Waals surface area (Å²) in [7, 11) is 0.615. The second-order valence-electron chi connectivity index (χ2n) is 11.9. The van der Waals surface area contributed by atoms with Crippen LogP contribution in [0.15, 0.2) is 6.07 Å². The number of carbonyl (C=O) groups excluding carboxylic acids is 1. The number of nitrogens with zero attached hydrogens (tertiary/aromatic N) is 6. The lowest BCUT2D eigenvalue weighted by Gasteiger charge is -2.28. The van der Waals surface area contributed by atoms with Crippen molar-refractivity contribution in [3.05, 3.63) is 17.3 Å². The quantitative estimate of drug-likeness (QED) is 0.408. The highest BCUT2D eigenvalue weighted by molar-refractivity contribution is 6.76. The average Bonchev–Trinajstić information content (AvgIpc) is 3.34. The van der Waals surface area contributed by atoms with Crippen molar-refractivity contribution in [2.75, 3.05) is 37.4 Å². The smallest absolute Gasteiger partial charge is 0.410 e. The van der Waals surface area contributed by atoms with Gasteiger partial charge in [-0.15, -0.1) is 0 Å². The topological polar surface area (TPSA) is 112 Å². The molecule has 0 spiro atoms. The third kappa shape index (κ3) is 7.19. The van der Waals surface area contributed by atoms with Gasteiger partial charge in [0.25, 0.3) is 0 Å². The Morgan fingerprint density at radius 1 is 1.25 bits per heavy atom. The van der Waals surface area contributed by atoms with Crippen LogP contribution in [0.4, 0.5) is 16.6 Å². The molecule has 0 aromatic carbocycles. The lowest BCUT2D eigenvalue weighted by molar-refractivity contribution is 0.0238. The number of carbonyl (C=O) groups is 1. The molecule has 200 valence electrons. The Morgan fingerprint density at radius 3 is 2.58 bits per heavy atom. The van der Waals surface area contributed by atoms with Gasteiger partial charge in [0.2, 0.25) is 5.95 Å². The molecule has 3 rings (SSSR count). The van der Waals surface area contributed by atoms with E-state index in [0.717, 1.165) is 41.8 Å². The van der Waals surface area contributed by atoms with Gasteiger partial charge in [0, 0.05) is 40.9 Å². The second kappa shape index (κ2) is 10.8. The first-order valence-corrected chi connectivity index (χ1v) is 16.3. The Morgan fingerprint density at radius 2 is 1.94 bits per heavy atom. The van der Waals surface area contributed by atoms with Gasteiger partial charge in [-0.25, -0.2) is 14.5 Å². The fourth-order valence-corrected chi connectivity index (χ4v) is 4.86. The summed E-state index contributed by atoms with van der Waals surface area (Å²) >= 11 is 0. The van der Waals surface area contributed by atoms with Gasteiger partial charge < -0.3 is 25.0 Å². The average molecular weight is 518 g/mol. The normalized spacial score (nSPS) is 16.5. The molecule has 1 amide bonds. The highest BCUT2D eigenvalue weighted by Gasteiger charge is 2.32. The highest BCUT2D eigenvalue weighted by Crippen LogP contribution is 2.30. The lowest BCUT2D eigenvalue weighted by Crippen LogP contribution is -2.42. The van der Waals surface area contributed by atoms with Gasteiger partial charge in [-0.3, -0.25) is 0 Å². The molecular formula is C25H43N7O3Si. The van der Waals surface area contributed by atoms with Crippen molar-refractivity contribution in [1.29, 1.82) is 0 Å².